The van der Waals surface area contributed by atoms with Gasteiger partial charge in [0.05, 0.1) is 12.5 Å². The molecule has 0 unspecified atom stereocenters. The van der Waals surface area contributed by atoms with Gasteiger partial charge in [0.1, 0.15) is 0 Å². The maximum Gasteiger partial charge on any atom is 0.237 e. The normalized spacial score (nSPS) is 17.4. The van der Waals surface area contributed by atoms with Gasteiger partial charge in [-0.2, -0.15) is 0 Å². The summed E-state index contributed by atoms with van der Waals surface area (Å²) in [7, 11) is 0. The van der Waals surface area contributed by atoms with Crippen molar-refractivity contribution in [3.8, 4) is 11.1 Å². The summed E-state index contributed by atoms with van der Waals surface area (Å²) in [5, 5.41) is 5.80. The van der Waals surface area contributed by atoms with Gasteiger partial charge >= 0.3 is 0 Å². The maximum atomic E-state index is 12.4. The van der Waals surface area contributed by atoms with E-state index in [0.29, 0.717) is 25.6 Å². The van der Waals surface area contributed by atoms with Gasteiger partial charge in [0.15, 0.2) is 0 Å². The predicted molar refractivity (Wildman–Crippen MR) is 112 cm³/mol. The van der Waals surface area contributed by atoms with Crippen molar-refractivity contribution in [3.63, 3.8) is 0 Å². The Morgan fingerprint density at radius 1 is 1.11 bits per heavy atom. The smallest absolute Gasteiger partial charge is 0.237 e. The van der Waals surface area contributed by atoms with E-state index >= 15 is 0 Å². The highest BCUT2D eigenvalue weighted by atomic mass is 16.2. The van der Waals surface area contributed by atoms with E-state index in [9.17, 15) is 9.59 Å². The summed E-state index contributed by atoms with van der Waals surface area (Å²) in [5.41, 5.74) is 3.50. The largest absolute Gasteiger partial charge is 0.356 e. The van der Waals surface area contributed by atoms with E-state index in [1.54, 1.807) is 0 Å². The van der Waals surface area contributed by atoms with E-state index in [2.05, 4.69) is 65.8 Å². The van der Waals surface area contributed by atoms with Gasteiger partial charge in [0.25, 0.3) is 0 Å². The number of hydrogen-bond acceptors (Lipinski definition) is 3. The SMILES string of the molecule is CC(C)CNC(=O)C[C@H]1C(=O)NCCN1Cc1ccc(-c2ccccc2)cc1. The first-order valence-electron chi connectivity index (χ1n) is 9.96. The highest BCUT2D eigenvalue weighted by Gasteiger charge is 2.31. The molecule has 2 N–H and O–H groups in total. The third kappa shape index (κ3) is 5.42. The van der Waals surface area contributed by atoms with Crippen molar-refractivity contribution in [3.05, 3.63) is 60.2 Å². The molecule has 1 heterocycles. The fourth-order valence-electron chi connectivity index (χ4n) is 3.41. The highest BCUT2D eigenvalue weighted by Crippen LogP contribution is 2.21. The van der Waals surface area contributed by atoms with Gasteiger partial charge in [0, 0.05) is 26.2 Å². The summed E-state index contributed by atoms with van der Waals surface area (Å²) in [6, 6.07) is 18.3. The van der Waals surface area contributed by atoms with Crippen molar-refractivity contribution < 1.29 is 9.59 Å². The predicted octanol–water partition coefficient (Wildman–Crippen LogP) is 2.82. The third-order valence-electron chi connectivity index (χ3n) is 4.97. The van der Waals surface area contributed by atoms with Crippen LogP contribution in [0.1, 0.15) is 25.8 Å². The Balaban J connectivity index is 1.65. The Kier molecular flexibility index (Phi) is 6.82. The van der Waals surface area contributed by atoms with Gasteiger partial charge in [-0.3, -0.25) is 14.5 Å². The number of benzene rings is 2. The van der Waals surface area contributed by atoms with Crippen LogP contribution in [0.2, 0.25) is 0 Å². The van der Waals surface area contributed by atoms with Crippen LogP contribution in [0.15, 0.2) is 54.6 Å². The van der Waals surface area contributed by atoms with Crippen molar-refractivity contribution in [2.24, 2.45) is 5.92 Å². The van der Waals surface area contributed by atoms with Gasteiger partial charge in [-0.05, 0) is 22.6 Å². The summed E-state index contributed by atoms with van der Waals surface area (Å²) in [6.07, 6.45) is 0.195. The number of amides is 2. The maximum absolute atomic E-state index is 12.4. The van der Waals surface area contributed by atoms with E-state index in [1.165, 1.54) is 11.1 Å². The Labute approximate surface area is 167 Å². The van der Waals surface area contributed by atoms with Gasteiger partial charge in [-0.15, -0.1) is 0 Å². The zero-order chi connectivity index (χ0) is 19.9. The molecule has 1 saturated heterocycles. The molecule has 0 radical (unpaired) electrons. The Bertz CT molecular complexity index is 787. The molecule has 5 nitrogen and oxygen atoms in total. The lowest BCUT2D eigenvalue weighted by atomic mass is 10.0. The zero-order valence-electron chi connectivity index (χ0n) is 16.7. The molecule has 3 rings (SSSR count). The molecular formula is C23H29N3O2. The van der Waals surface area contributed by atoms with E-state index < -0.39 is 6.04 Å². The molecular weight excluding hydrogens is 350 g/mol. The van der Waals surface area contributed by atoms with Crippen LogP contribution in [0, 0.1) is 5.92 Å². The van der Waals surface area contributed by atoms with Crippen LogP contribution in [0.3, 0.4) is 0 Å². The Hall–Kier alpha value is -2.66. The molecule has 1 fully saturated rings. The minimum absolute atomic E-state index is 0.0631. The molecule has 1 aliphatic heterocycles. The fraction of sp³-hybridized carbons (Fsp3) is 0.391. The number of carbonyl (C=O) groups is 2. The topological polar surface area (TPSA) is 61.4 Å². The van der Waals surface area contributed by atoms with E-state index in [-0.39, 0.29) is 18.2 Å². The van der Waals surface area contributed by atoms with Crippen LogP contribution < -0.4 is 10.6 Å². The molecule has 2 aromatic carbocycles. The molecule has 2 aromatic rings. The molecule has 0 saturated carbocycles. The summed E-state index contributed by atoms with van der Waals surface area (Å²) < 4.78 is 0. The van der Waals surface area contributed by atoms with Crippen LogP contribution in [0.5, 0.6) is 0 Å². The number of hydrogen-bond donors (Lipinski definition) is 2. The van der Waals surface area contributed by atoms with Crippen molar-refractivity contribution in [2.75, 3.05) is 19.6 Å². The standard InChI is InChI=1S/C23H29N3O2/c1-17(2)15-25-22(27)14-21-23(28)24-12-13-26(21)16-18-8-10-20(11-9-18)19-6-4-3-5-7-19/h3-11,17,21H,12-16H2,1-2H3,(H,24,28)(H,25,27)/t21-/m0/s1. The first kappa shape index (κ1) is 20.1. The second-order valence-electron chi connectivity index (χ2n) is 7.74. The van der Waals surface area contributed by atoms with Crippen molar-refractivity contribution in [2.45, 2.75) is 32.9 Å². The third-order valence-corrected chi connectivity index (χ3v) is 4.97. The second-order valence-corrected chi connectivity index (χ2v) is 7.74. The fourth-order valence-corrected chi connectivity index (χ4v) is 3.41. The minimum atomic E-state index is -0.422. The monoisotopic (exact) mass is 379 g/mol. The molecule has 1 atom stereocenters. The quantitative estimate of drug-likeness (QED) is 0.778. The lowest BCUT2D eigenvalue weighted by Crippen LogP contribution is -2.56. The van der Waals surface area contributed by atoms with E-state index in [4.69, 9.17) is 0 Å². The molecule has 1 aliphatic rings. The second kappa shape index (κ2) is 9.51. The van der Waals surface area contributed by atoms with Crippen molar-refractivity contribution in [1.82, 2.24) is 15.5 Å². The Morgan fingerprint density at radius 3 is 2.46 bits per heavy atom. The average molecular weight is 380 g/mol. The van der Waals surface area contributed by atoms with Gasteiger partial charge < -0.3 is 10.6 Å². The molecule has 0 aromatic heterocycles. The summed E-state index contributed by atoms with van der Waals surface area (Å²) in [4.78, 5) is 26.7. The van der Waals surface area contributed by atoms with Crippen LogP contribution in [-0.2, 0) is 16.1 Å². The lowest BCUT2D eigenvalue weighted by molar-refractivity contribution is -0.134. The summed E-state index contributed by atoms with van der Waals surface area (Å²) in [5.74, 6) is 0.260. The summed E-state index contributed by atoms with van der Waals surface area (Å²) >= 11 is 0. The van der Waals surface area contributed by atoms with Crippen LogP contribution in [0.4, 0.5) is 0 Å². The zero-order valence-corrected chi connectivity index (χ0v) is 16.7. The first-order valence-corrected chi connectivity index (χ1v) is 9.96. The number of carbonyl (C=O) groups excluding carboxylic acids is 2. The minimum Gasteiger partial charge on any atom is -0.356 e. The average Bonchev–Trinajstić information content (AvgIpc) is 2.70. The molecule has 0 aliphatic carbocycles. The highest BCUT2D eigenvalue weighted by molar-refractivity contribution is 5.88. The van der Waals surface area contributed by atoms with Gasteiger partial charge in [0.2, 0.25) is 11.8 Å². The molecule has 148 valence electrons. The van der Waals surface area contributed by atoms with Gasteiger partial charge in [-0.1, -0.05) is 68.4 Å². The summed E-state index contributed by atoms with van der Waals surface area (Å²) in [6.45, 7) is 6.76. The number of rotatable bonds is 7. The molecule has 0 spiro atoms. The number of nitrogens with zero attached hydrogens (tertiary/aromatic N) is 1. The van der Waals surface area contributed by atoms with E-state index in [0.717, 1.165) is 12.1 Å². The lowest BCUT2D eigenvalue weighted by Gasteiger charge is -2.34. The molecule has 28 heavy (non-hydrogen) atoms. The first-order chi connectivity index (χ1) is 13.5. The van der Waals surface area contributed by atoms with Gasteiger partial charge in [-0.25, -0.2) is 0 Å². The van der Waals surface area contributed by atoms with Crippen LogP contribution >= 0.6 is 0 Å². The number of piperazine rings is 1. The van der Waals surface area contributed by atoms with Crippen LogP contribution in [0.25, 0.3) is 11.1 Å². The molecule has 2 amide bonds. The number of nitrogens with one attached hydrogen (secondary N) is 2. The van der Waals surface area contributed by atoms with E-state index in [1.807, 2.05) is 18.2 Å². The van der Waals surface area contributed by atoms with Crippen molar-refractivity contribution >= 4 is 11.8 Å². The van der Waals surface area contributed by atoms with Crippen molar-refractivity contribution in [1.29, 1.82) is 0 Å². The Morgan fingerprint density at radius 2 is 1.79 bits per heavy atom. The van der Waals surface area contributed by atoms with Crippen LogP contribution in [-0.4, -0.2) is 42.4 Å². The molecule has 5 heteroatoms. The molecule has 0 bridgehead atoms.